The van der Waals surface area contributed by atoms with Crippen LogP contribution in [0.2, 0.25) is 0 Å². The zero-order valence-corrected chi connectivity index (χ0v) is 17.6. The number of methoxy groups -OCH3 is 2. The van der Waals surface area contributed by atoms with Crippen molar-refractivity contribution in [3.63, 3.8) is 0 Å². The summed E-state index contributed by atoms with van der Waals surface area (Å²) in [7, 11) is 5.39. The lowest BCUT2D eigenvalue weighted by Gasteiger charge is -2.34. The molecule has 28 heavy (non-hydrogen) atoms. The lowest BCUT2D eigenvalue weighted by Crippen LogP contribution is -2.47. The lowest BCUT2D eigenvalue weighted by molar-refractivity contribution is -0.0432. The third-order valence-corrected chi connectivity index (χ3v) is 5.50. The number of fused-ring (bicyclic) bond motifs is 1. The van der Waals surface area contributed by atoms with E-state index in [4.69, 9.17) is 19.2 Å². The zero-order valence-electron chi connectivity index (χ0n) is 17.6. The Labute approximate surface area is 168 Å². The zero-order chi connectivity index (χ0) is 19.9. The van der Waals surface area contributed by atoms with Crippen LogP contribution in [0.1, 0.15) is 25.3 Å². The van der Waals surface area contributed by atoms with Gasteiger partial charge in [0.2, 0.25) is 0 Å². The van der Waals surface area contributed by atoms with E-state index in [1.165, 1.54) is 19.4 Å². The maximum Gasteiger partial charge on any atom is 0.194 e. The van der Waals surface area contributed by atoms with Gasteiger partial charge in [0.15, 0.2) is 5.96 Å². The van der Waals surface area contributed by atoms with Crippen molar-refractivity contribution in [2.75, 3.05) is 54.1 Å². The van der Waals surface area contributed by atoms with E-state index in [0.29, 0.717) is 19.1 Å². The topological polar surface area (TPSA) is 58.6 Å². The van der Waals surface area contributed by atoms with Crippen molar-refractivity contribution in [3.05, 3.63) is 23.8 Å². The summed E-state index contributed by atoms with van der Waals surface area (Å²) in [5.41, 5.74) is 1.09. The van der Waals surface area contributed by atoms with Gasteiger partial charge >= 0.3 is 0 Å². The molecule has 2 aliphatic heterocycles. The van der Waals surface area contributed by atoms with Crippen molar-refractivity contribution in [1.29, 1.82) is 0 Å². The number of rotatable bonds is 7. The van der Waals surface area contributed by atoms with Crippen molar-refractivity contribution in [3.8, 4) is 11.5 Å². The first kappa shape index (κ1) is 20.7. The van der Waals surface area contributed by atoms with Crippen LogP contribution in [0.4, 0.5) is 0 Å². The Morgan fingerprint density at radius 2 is 2.21 bits per heavy atom. The van der Waals surface area contributed by atoms with Crippen LogP contribution in [0, 0.1) is 0 Å². The Bertz CT molecular complexity index is 667. The predicted molar refractivity (Wildman–Crippen MR) is 111 cm³/mol. The van der Waals surface area contributed by atoms with Crippen molar-refractivity contribution in [2.45, 2.75) is 38.5 Å². The first-order valence-electron chi connectivity index (χ1n) is 10.2. The van der Waals surface area contributed by atoms with Crippen LogP contribution in [0.3, 0.4) is 0 Å². The van der Waals surface area contributed by atoms with E-state index in [-0.39, 0.29) is 6.10 Å². The highest BCUT2D eigenvalue weighted by atomic mass is 16.5. The summed E-state index contributed by atoms with van der Waals surface area (Å²) in [6.45, 7) is 7.31. The fourth-order valence-electron chi connectivity index (χ4n) is 3.97. The standard InChI is InChI=1S/C21H34N4O3/c1-5-22-21(23-12-19-14-25-10-6-7-17(25)15-28-19)24(2)13-16-8-9-18(26-3)11-20(16)27-4/h8-9,11,17,19H,5-7,10,12-15H2,1-4H3,(H,22,23). The van der Waals surface area contributed by atoms with Crippen LogP contribution >= 0.6 is 0 Å². The maximum atomic E-state index is 6.05. The molecule has 2 atom stereocenters. The van der Waals surface area contributed by atoms with Gasteiger partial charge in [-0.2, -0.15) is 0 Å². The van der Waals surface area contributed by atoms with Crippen LogP contribution in [0.5, 0.6) is 11.5 Å². The number of nitrogens with one attached hydrogen (secondary N) is 1. The molecule has 2 saturated heterocycles. The minimum atomic E-state index is 0.173. The van der Waals surface area contributed by atoms with Crippen molar-refractivity contribution in [1.82, 2.24) is 15.1 Å². The molecule has 2 heterocycles. The average molecular weight is 391 g/mol. The SMILES string of the molecule is CCNC(=NCC1CN2CCCC2CO1)N(C)Cc1ccc(OC)cc1OC. The molecule has 0 aliphatic carbocycles. The Morgan fingerprint density at radius 3 is 2.96 bits per heavy atom. The van der Waals surface area contributed by atoms with Crippen molar-refractivity contribution >= 4 is 5.96 Å². The van der Waals surface area contributed by atoms with Crippen LogP contribution < -0.4 is 14.8 Å². The van der Waals surface area contributed by atoms with Crippen LogP contribution in [-0.2, 0) is 11.3 Å². The second-order valence-corrected chi connectivity index (χ2v) is 7.47. The molecule has 7 heteroatoms. The number of aliphatic imine (C=N–C) groups is 1. The summed E-state index contributed by atoms with van der Waals surface area (Å²) in [6.07, 6.45) is 2.73. The van der Waals surface area contributed by atoms with Gasteiger partial charge in [-0.25, -0.2) is 0 Å². The summed E-state index contributed by atoms with van der Waals surface area (Å²) >= 11 is 0. The van der Waals surface area contributed by atoms with Gasteiger partial charge in [-0.15, -0.1) is 0 Å². The van der Waals surface area contributed by atoms with E-state index < -0.39 is 0 Å². The number of ether oxygens (including phenoxy) is 3. The van der Waals surface area contributed by atoms with E-state index in [1.54, 1.807) is 14.2 Å². The third-order valence-electron chi connectivity index (χ3n) is 5.50. The first-order valence-corrected chi connectivity index (χ1v) is 10.2. The van der Waals surface area contributed by atoms with Gasteiger partial charge in [-0.1, -0.05) is 0 Å². The Morgan fingerprint density at radius 1 is 1.36 bits per heavy atom. The summed E-state index contributed by atoms with van der Waals surface area (Å²) in [5.74, 6) is 2.49. The second-order valence-electron chi connectivity index (χ2n) is 7.47. The largest absolute Gasteiger partial charge is 0.497 e. The minimum absolute atomic E-state index is 0.173. The number of nitrogens with zero attached hydrogens (tertiary/aromatic N) is 3. The quantitative estimate of drug-likeness (QED) is 0.567. The van der Waals surface area contributed by atoms with Gasteiger partial charge < -0.3 is 24.4 Å². The molecule has 1 aromatic rings. The van der Waals surface area contributed by atoms with E-state index >= 15 is 0 Å². The molecule has 2 aliphatic rings. The molecule has 0 saturated carbocycles. The van der Waals surface area contributed by atoms with Crippen molar-refractivity contribution < 1.29 is 14.2 Å². The highest BCUT2D eigenvalue weighted by Crippen LogP contribution is 2.26. The Balaban J connectivity index is 1.63. The van der Waals surface area contributed by atoms with Crippen LogP contribution in [-0.4, -0.2) is 82.0 Å². The lowest BCUT2D eigenvalue weighted by atomic mass is 10.2. The molecule has 1 N–H and O–H groups in total. The summed E-state index contributed by atoms with van der Waals surface area (Å²) in [6, 6.07) is 6.53. The number of morpholine rings is 1. The highest BCUT2D eigenvalue weighted by Gasteiger charge is 2.32. The molecule has 2 fully saturated rings. The minimum Gasteiger partial charge on any atom is -0.497 e. The fourth-order valence-corrected chi connectivity index (χ4v) is 3.97. The van der Waals surface area contributed by atoms with Gasteiger partial charge in [0.1, 0.15) is 11.5 Å². The number of hydrogen-bond acceptors (Lipinski definition) is 5. The van der Waals surface area contributed by atoms with Gasteiger partial charge in [-0.3, -0.25) is 9.89 Å². The number of guanidine groups is 1. The summed E-state index contributed by atoms with van der Waals surface area (Å²) in [5, 5.41) is 3.39. The van der Waals surface area contributed by atoms with E-state index in [0.717, 1.165) is 42.7 Å². The van der Waals surface area contributed by atoms with E-state index in [9.17, 15) is 0 Å². The number of hydrogen-bond donors (Lipinski definition) is 1. The summed E-state index contributed by atoms with van der Waals surface area (Å²) < 4.78 is 16.9. The molecule has 0 amide bonds. The monoisotopic (exact) mass is 390 g/mol. The molecule has 0 bridgehead atoms. The fraction of sp³-hybridized carbons (Fsp3) is 0.667. The normalized spacial score (nSPS) is 22.6. The van der Waals surface area contributed by atoms with Gasteiger partial charge in [0.05, 0.1) is 33.5 Å². The van der Waals surface area contributed by atoms with Crippen molar-refractivity contribution in [2.24, 2.45) is 4.99 Å². The molecule has 7 nitrogen and oxygen atoms in total. The molecular weight excluding hydrogens is 356 g/mol. The molecule has 156 valence electrons. The molecule has 1 aromatic carbocycles. The molecule has 0 radical (unpaired) electrons. The van der Waals surface area contributed by atoms with Gasteiger partial charge in [0.25, 0.3) is 0 Å². The van der Waals surface area contributed by atoms with E-state index in [2.05, 4.69) is 22.0 Å². The molecule has 0 aromatic heterocycles. The molecule has 3 rings (SSSR count). The van der Waals surface area contributed by atoms with Crippen LogP contribution in [0.15, 0.2) is 23.2 Å². The third kappa shape index (κ3) is 5.08. The molecular formula is C21H34N4O3. The smallest absolute Gasteiger partial charge is 0.194 e. The van der Waals surface area contributed by atoms with E-state index in [1.807, 2.05) is 25.2 Å². The van der Waals surface area contributed by atoms with Gasteiger partial charge in [0, 0.05) is 44.4 Å². The van der Waals surface area contributed by atoms with Crippen LogP contribution in [0.25, 0.3) is 0 Å². The first-order chi connectivity index (χ1) is 13.6. The predicted octanol–water partition coefficient (Wildman–Crippen LogP) is 1.96. The summed E-state index contributed by atoms with van der Waals surface area (Å²) in [4.78, 5) is 9.53. The Kier molecular flexibility index (Phi) is 7.39. The number of benzene rings is 1. The maximum absolute atomic E-state index is 6.05. The Hall–Kier alpha value is -1.99. The highest BCUT2D eigenvalue weighted by molar-refractivity contribution is 5.79. The molecule has 0 spiro atoms. The average Bonchev–Trinajstić information content (AvgIpc) is 3.19. The van der Waals surface area contributed by atoms with Gasteiger partial charge in [-0.05, 0) is 38.4 Å². The second kappa shape index (κ2) is 9.98. The molecule has 2 unspecified atom stereocenters.